The van der Waals surface area contributed by atoms with E-state index in [9.17, 15) is 0 Å². The zero-order chi connectivity index (χ0) is 17.6. The molecule has 0 amide bonds. The van der Waals surface area contributed by atoms with Crippen LogP contribution in [0.1, 0.15) is 18.4 Å². The molecule has 0 saturated heterocycles. The maximum atomic E-state index is 5.82. The number of aryl methyl sites for hydroxylation is 2. The maximum absolute atomic E-state index is 5.82. The summed E-state index contributed by atoms with van der Waals surface area (Å²) in [5, 5.41) is 1.11. The van der Waals surface area contributed by atoms with Crippen LogP contribution in [0.3, 0.4) is 0 Å². The van der Waals surface area contributed by atoms with Crippen molar-refractivity contribution in [2.24, 2.45) is 0 Å². The second-order valence-corrected chi connectivity index (χ2v) is 6.14. The third-order valence-electron chi connectivity index (χ3n) is 4.33. The third kappa shape index (κ3) is 4.08. The smallest absolute Gasteiger partial charge is 0.131 e. The second kappa shape index (κ2) is 7.97. The highest BCUT2D eigenvalue weighted by atomic mass is 16.5. The van der Waals surface area contributed by atoms with Crippen molar-refractivity contribution >= 4 is 10.9 Å². The van der Waals surface area contributed by atoms with Gasteiger partial charge in [-0.1, -0.05) is 12.1 Å². The number of aromatic nitrogens is 1. The first-order valence-electron chi connectivity index (χ1n) is 8.61. The number of benzene rings is 2. The molecule has 132 valence electrons. The molecule has 1 heterocycles. The molecule has 0 unspecified atom stereocenters. The Morgan fingerprint density at radius 3 is 2.56 bits per heavy atom. The fourth-order valence-electron chi connectivity index (χ4n) is 3.00. The largest absolute Gasteiger partial charge is 0.497 e. The minimum atomic E-state index is 0.731. The van der Waals surface area contributed by atoms with Gasteiger partial charge in [0.2, 0.25) is 0 Å². The van der Waals surface area contributed by atoms with Gasteiger partial charge in [-0.25, -0.2) is 0 Å². The number of nitrogens with zero attached hydrogens (tertiary/aromatic N) is 1. The van der Waals surface area contributed by atoms with Crippen LogP contribution in [0.4, 0.5) is 0 Å². The van der Waals surface area contributed by atoms with Gasteiger partial charge in [0.25, 0.3) is 0 Å². The molecule has 25 heavy (non-hydrogen) atoms. The van der Waals surface area contributed by atoms with E-state index in [1.807, 2.05) is 18.2 Å². The first-order chi connectivity index (χ1) is 12.2. The summed E-state index contributed by atoms with van der Waals surface area (Å²) in [6, 6.07) is 14.2. The summed E-state index contributed by atoms with van der Waals surface area (Å²) in [5.74, 6) is 2.60. The van der Waals surface area contributed by atoms with E-state index in [2.05, 4.69) is 42.0 Å². The SMILES string of the molecule is COc1cc(OC)c2ccn(CCCCOc3cccc(C)c3)c2c1. The Bertz CT molecular complexity index is 838. The molecule has 0 aliphatic carbocycles. The van der Waals surface area contributed by atoms with Crippen molar-refractivity contribution in [1.82, 2.24) is 4.57 Å². The van der Waals surface area contributed by atoms with Gasteiger partial charge in [0.05, 0.1) is 26.3 Å². The zero-order valence-corrected chi connectivity index (χ0v) is 15.1. The Morgan fingerprint density at radius 1 is 0.920 bits per heavy atom. The normalized spacial score (nSPS) is 10.8. The van der Waals surface area contributed by atoms with Crippen LogP contribution in [0.25, 0.3) is 10.9 Å². The minimum Gasteiger partial charge on any atom is -0.497 e. The Labute approximate surface area is 148 Å². The monoisotopic (exact) mass is 339 g/mol. The molecule has 0 fully saturated rings. The highest BCUT2D eigenvalue weighted by molar-refractivity contribution is 5.88. The lowest BCUT2D eigenvalue weighted by molar-refractivity contribution is 0.303. The topological polar surface area (TPSA) is 32.6 Å². The molecule has 4 nitrogen and oxygen atoms in total. The van der Waals surface area contributed by atoms with E-state index in [1.165, 1.54) is 5.56 Å². The molecule has 3 aromatic rings. The fourth-order valence-corrected chi connectivity index (χ4v) is 3.00. The third-order valence-corrected chi connectivity index (χ3v) is 4.33. The number of hydrogen-bond acceptors (Lipinski definition) is 3. The average Bonchev–Trinajstić information content (AvgIpc) is 3.03. The van der Waals surface area contributed by atoms with Gasteiger partial charge in [-0.15, -0.1) is 0 Å². The number of fused-ring (bicyclic) bond motifs is 1. The van der Waals surface area contributed by atoms with Crippen LogP contribution in [-0.2, 0) is 6.54 Å². The molecule has 0 atom stereocenters. The average molecular weight is 339 g/mol. The number of rotatable bonds is 8. The van der Waals surface area contributed by atoms with Gasteiger partial charge in [0.1, 0.15) is 17.2 Å². The number of hydrogen-bond donors (Lipinski definition) is 0. The predicted octanol–water partition coefficient (Wildman–Crippen LogP) is 4.83. The van der Waals surface area contributed by atoms with Crippen LogP contribution >= 0.6 is 0 Å². The van der Waals surface area contributed by atoms with Crippen molar-refractivity contribution < 1.29 is 14.2 Å². The molecular formula is C21H25NO3. The van der Waals surface area contributed by atoms with Gasteiger partial charge in [-0.2, -0.15) is 0 Å². The van der Waals surface area contributed by atoms with Crippen LogP contribution in [0.5, 0.6) is 17.2 Å². The number of ether oxygens (including phenoxy) is 3. The number of unbranched alkanes of at least 4 members (excludes halogenated alkanes) is 1. The molecular weight excluding hydrogens is 314 g/mol. The zero-order valence-electron chi connectivity index (χ0n) is 15.1. The highest BCUT2D eigenvalue weighted by Crippen LogP contribution is 2.32. The summed E-state index contributed by atoms with van der Waals surface area (Å²) >= 11 is 0. The van der Waals surface area contributed by atoms with Crippen molar-refractivity contribution in [2.75, 3.05) is 20.8 Å². The van der Waals surface area contributed by atoms with Gasteiger partial charge < -0.3 is 18.8 Å². The van der Waals surface area contributed by atoms with Crippen molar-refractivity contribution in [2.45, 2.75) is 26.3 Å². The summed E-state index contributed by atoms with van der Waals surface area (Å²) in [6.45, 7) is 3.75. The van der Waals surface area contributed by atoms with E-state index in [-0.39, 0.29) is 0 Å². The highest BCUT2D eigenvalue weighted by Gasteiger charge is 2.09. The summed E-state index contributed by atoms with van der Waals surface area (Å²) in [6.07, 6.45) is 4.16. The fraction of sp³-hybridized carbons (Fsp3) is 0.333. The van der Waals surface area contributed by atoms with E-state index >= 15 is 0 Å². The van der Waals surface area contributed by atoms with Crippen LogP contribution in [-0.4, -0.2) is 25.4 Å². The summed E-state index contributed by atoms with van der Waals surface area (Å²) < 4.78 is 18.9. The Hall–Kier alpha value is -2.62. The first-order valence-corrected chi connectivity index (χ1v) is 8.61. The van der Waals surface area contributed by atoms with E-state index in [0.717, 1.165) is 54.1 Å². The molecule has 0 bridgehead atoms. The molecule has 3 rings (SSSR count). The molecule has 1 aromatic heterocycles. The lowest BCUT2D eigenvalue weighted by Gasteiger charge is -2.10. The molecule has 0 aliphatic rings. The minimum absolute atomic E-state index is 0.731. The second-order valence-electron chi connectivity index (χ2n) is 6.14. The van der Waals surface area contributed by atoms with Crippen LogP contribution in [0.15, 0.2) is 48.7 Å². The molecule has 0 aliphatic heterocycles. The number of methoxy groups -OCH3 is 2. The quantitative estimate of drug-likeness (QED) is 0.551. The lowest BCUT2D eigenvalue weighted by Crippen LogP contribution is -2.02. The van der Waals surface area contributed by atoms with E-state index in [0.29, 0.717) is 0 Å². The van der Waals surface area contributed by atoms with Crippen LogP contribution in [0, 0.1) is 6.92 Å². The molecule has 0 saturated carbocycles. The molecule has 0 spiro atoms. The van der Waals surface area contributed by atoms with Crippen molar-refractivity contribution in [3.8, 4) is 17.2 Å². The Balaban J connectivity index is 1.58. The van der Waals surface area contributed by atoms with Gasteiger partial charge >= 0.3 is 0 Å². The molecule has 0 radical (unpaired) electrons. The summed E-state index contributed by atoms with van der Waals surface area (Å²) in [7, 11) is 3.37. The van der Waals surface area contributed by atoms with Gasteiger partial charge in [-0.05, 0) is 43.5 Å². The van der Waals surface area contributed by atoms with Crippen molar-refractivity contribution in [1.29, 1.82) is 0 Å². The van der Waals surface area contributed by atoms with E-state index in [1.54, 1.807) is 14.2 Å². The first kappa shape index (κ1) is 17.2. The van der Waals surface area contributed by atoms with E-state index in [4.69, 9.17) is 14.2 Å². The van der Waals surface area contributed by atoms with E-state index < -0.39 is 0 Å². The molecule has 2 aromatic carbocycles. The lowest BCUT2D eigenvalue weighted by atomic mass is 10.2. The van der Waals surface area contributed by atoms with Crippen LogP contribution in [0.2, 0.25) is 0 Å². The molecule has 0 N–H and O–H groups in total. The standard InChI is InChI=1S/C21H25NO3/c1-16-7-6-8-17(13-16)25-12-5-4-10-22-11-9-19-20(22)14-18(23-2)15-21(19)24-3/h6-9,11,13-15H,4-5,10,12H2,1-3H3. The van der Waals surface area contributed by atoms with Crippen molar-refractivity contribution in [3.05, 3.63) is 54.2 Å². The Kier molecular flexibility index (Phi) is 5.49. The predicted molar refractivity (Wildman–Crippen MR) is 101 cm³/mol. The van der Waals surface area contributed by atoms with Gasteiger partial charge in [0, 0.05) is 30.3 Å². The van der Waals surface area contributed by atoms with Crippen molar-refractivity contribution in [3.63, 3.8) is 0 Å². The maximum Gasteiger partial charge on any atom is 0.131 e. The van der Waals surface area contributed by atoms with Gasteiger partial charge in [-0.3, -0.25) is 0 Å². The Morgan fingerprint density at radius 2 is 1.80 bits per heavy atom. The van der Waals surface area contributed by atoms with Gasteiger partial charge in [0.15, 0.2) is 0 Å². The van der Waals surface area contributed by atoms with Crippen LogP contribution < -0.4 is 14.2 Å². The molecule has 4 heteroatoms. The summed E-state index contributed by atoms with van der Waals surface area (Å²) in [5.41, 5.74) is 2.36. The summed E-state index contributed by atoms with van der Waals surface area (Å²) in [4.78, 5) is 0.